The zero-order chi connectivity index (χ0) is 28.2. The molecule has 0 bridgehead atoms. The van der Waals surface area contributed by atoms with Crippen molar-refractivity contribution < 1.29 is 14.0 Å². The molecule has 0 aliphatic heterocycles. The highest BCUT2D eigenvalue weighted by molar-refractivity contribution is 7.14. The van der Waals surface area contributed by atoms with Crippen LogP contribution in [0.3, 0.4) is 0 Å². The first-order valence-electron chi connectivity index (χ1n) is 15.0. The van der Waals surface area contributed by atoms with Gasteiger partial charge in [0.1, 0.15) is 0 Å². The van der Waals surface area contributed by atoms with Crippen LogP contribution in [0.4, 0.5) is 0 Å². The first-order valence-corrected chi connectivity index (χ1v) is 17.6. The van der Waals surface area contributed by atoms with Crippen LogP contribution >= 0.6 is 34.0 Å². The molecule has 2 unspecified atom stereocenters. The molecule has 0 aromatic carbocycles. The van der Waals surface area contributed by atoms with Gasteiger partial charge in [-0.25, -0.2) is 0 Å². The van der Waals surface area contributed by atoms with Crippen LogP contribution in [0, 0.1) is 11.8 Å². The maximum atomic E-state index is 14.6. The van der Waals surface area contributed by atoms with E-state index in [0.29, 0.717) is 45.6 Å². The van der Waals surface area contributed by atoms with Crippen LogP contribution < -0.4 is 0 Å². The Hall–Kier alpha value is -2.28. The van der Waals surface area contributed by atoms with Gasteiger partial charge in [-0.05, 0) is 47.6 Å². The van der Waals surface area contributed by atoms with E-state index in [9.17, 15) is 9.59 Å². The third-order valence-corrected chi connectivity index (χ3v) is 11.4. The van der Waals surface area contributed by atoms with Crippen LogP contribution in [-0.2, 0) is 12.8 Å². The van der Waals surface area contributed by atoms with Crippen molar-refractivity contribution >= 4 is 45.6 Å². The van der Waals surface area contributed by atoms with Gasteiger partial charge in [0.05, 0.1) is 20.9 Å². The topological polar surface area (TPSA) is 47.3 Å². The summed E-state index contributed by atoms with van der Waals surface area (Å²) in [5.41, 5.74) is 2.28. The molecule has 40 heavy (non-hydrogen) atoms. The van der Waals surface area contributed by atoms with Gasteiger partial charge in [-0.2, -0.15) is 0 Å². The van der Waals surface area contributed by atoms with Gasteiger partial charge in [0, 0.05) is 20.9 Å². The van der Waals surface area contributed by atoms with Crippen LogP contribution in [0.25, 0.3) is 21.3 Å². The average Bonchev–Trinajstić information content (AvgIpc) is 3.77. The van der Waals surface area contributed by atoms with E-state index >= 15 is 0 Å². The number of carbonyl (C=O) groups is 2. The highest BCUT2D eigenvalue weighted by atomic mass is 32.1. The Morgan fingerprint density at radius 2 is 1.12 bits per heavy atom. The van der Waals surface area contributed by atoms with Gasteiger partial charge >= 0.3 is 0 Å². The standard InChI is InChI=1S/C34H40O3S3/c1-5-9-13-21(7-3)19-25-27-28(26(40-25)20-22(8-4)14-10-6-2)32(36)30-29(31(27)35)33(23-15-11-17-38-23)37-34(30)24-16-12-18-39-24/h11-12,15-18,21-22H,5-10,13-14,19-20H2,1-4H3. The molecule has 0 spiro atoms. The molecule has 0 fully saturated rings. The second kappa shape index (κ2) is 13.1. The summed E-state index contributed by atoms with van der Waals surface area (Å²) < 4.78 is 6.47. The summed E-state index contributed by atoms with van der Waals surface area (Å²) in [7, 11) is 0. The fraction of sp³-hybridized carbons (Fsp3) is 0.471. The second-order valence-electron chi connectivity index (χ2n) is 11.1. The number of fused-ring (bicyclic) bond motifs is 2. The molecular formula is C34H40O3S3. The van der Waals surface area contributed by atoms with E-state index in [1.54, 1.807) is 34.0 Å². The van der Waals surface area contributed by atoms with Crippen LogP contribution in [0.15, 0.2) is 39.4 Å². The van der Waals surface area contributed by atoms with E-state index in [2.05, 4.69) is 27.7 Å². The Balaban J connectivity index is 1.67. The fourth-order valence-electron chi connectivity index (χ4n) is 5.99. The summed E-state index contributed by atoms with van der Waals surface area (Å²) in [4.78, 5) is 33.2. The number of thiophene rings is 3. The predicted octanol–water partition coefficient (Wildman–Crippen LogP) is 11.1. The Bertz CT molecular complexity index is 1330. The maximum Gasteiger partial charge on any atom is 0.199 e. The molecule has 5 rings (SSSR count). The van der Waals surface area contributed by atoms with E-state index in [-0.39, 0.29) is 11.6 Å². The molecule has 0 saturated carbocycles. The zero-order valence-electron chi connectivity index (χ0n) is 24.1. The van der Waals surface area contributed by atoms with Crippen molar-refractivity contribution in [3.05, 3.63) is 67.0 Å². The minimum atomic E-state index is -0.0241. The Morgan fingerprint density at radius 1 is 0.675 bits per heavy atom. The summed E-state index contributed by atoms with van der Waals surface area (Å²) >= 11 is 4.84. The molecule has 3 nitrogen and oxygen atoms in total. The number of rotatable bonds is 14. The van der Waals surface area contributed by atoms with Crippen LogP contribution in [-0.4, -0.2) is 11.6 Å². The molecule has 1 aliphatic rings. The van der Waals surface area contributed by atoms with Gasteiger partial charge in [-0.3, -0.25) is 9.59 Å². The highest BCUT2D eigenvalue weighted by Crippen LogP contribution is 2.48. The van der Waals surface area contributed by atoms with E-state index in [1.165, 1.54) is 25.7 Å². The Labute approximate surface area is 250 Å². The molecule has 4 heterocycles. The summed E-state index contributed by atoms with van der Waals surface area (Å²) in [6.07, 6.45) is 10.9. The van der Waals surface area contributed by atoms with Gasteiger partial charge in [0.2, 0.25) is 0 Å². The molecule has 212 valence electrons. The molecule has 0 N–H and O–H groups in total. The number of furan rings is 1. The normalized spacial score (nSPS) is 14.4. The van der Waals surface area contributed by atoms with Crippen LogP contribution in [0.5, 0.6) is 0 Å². The molecule has 0 saturated heterocycles. The lowest BCUT2D eigenvalue weighted by atomic mass is 9.81. The van der Waals surface area contributed by atoms with Crippen molar-refractivity contribution in [3.8, 4) is 21.3 Å². The third kappa shape index (κ3) is 5.60. The van der Waals surface area contributed by atoms with Gasteiger partial charge < -0.3 is 4.42 Å². The van der Waals surface area contributed by atoms with Crippen LogP contribution in [0.1, 0.15) is 121 Å². The second-order valence-corrected chi connectivity index (χ2v) is 14.1. The number of hydrogen-bond acceptors (Lipinski definition) is 6. The van der Waals surface area contributed by atoms with Crippen molar-refractivity contribution in [2.45, 2.75) is 91.9 Å². The van der Waals surface area contributed by atoms with Gasteiger partial charge in [0.25, 0.3) is 0 Å². The Morgan fingerprint density at radius 3 is 1.48 bits per heavy atom. The minimum Gasteiger partial charge on any atom is -0.453 e. The minimum absolute atomic E-state index is 0.0241. The molecule has 4 aromatic rings. The zero-order valence-corrected chi connectivity index (χ0v) is 26.6. The summed E-state index contributed by atoms with van der Waals surface area (Å²) in [6, 6.07) is 7.89. The monoisotopic (exact) mass is 592 g/mol. The van der Waals surface area contributed by atoms with E-state index < -0.39 is 0 Å². The summed E-state index contributed by atoms with van der Waals surface area (Å²) in [5, 5.41) is 3.98. The van der Waals surface area contributed by atoms with Crippen molar-refractivity contribution in [2.24, 2.45) is 11.8 Å². The largest absolute Gasteiger partial charge is 0.453 e. The van der Waals surface area contributed by atoms with Crippen molar-refractivity contribution in [2.75, 3.05) is 0 Å². The fourth-order valence-corrected chi connectivity index (χ4v) is 8.94. The maximum absolute atomic E-state index is 14.6. The van der Waals surface area contributed by atoms with E-state index in [0.717, 1.165) is 58.0 Å². The summed E-state index contributed by atoms with van der Waals surface area (Å²) in [5.74, 6) is 2.08. The van der Waals surface area contributed by atoms with Crippen molar-refractivity contribution in [1.82, 2.24) is 0 Å². The lowest BCUT2D eigenvalue weighted by Crippen LogP contribution is -2.22. The first-order chi connectivity index (χ1) is 19.5. The molecule has 6 heteroatoms. The van der Waals surface area contributed by atoms with Gasteiger partial charge in [-0.15, -0.1) is 34.0 Å². The number of ketones is 2. The van der Waals surface area contributed by atoms with Crippen LogP contribution in [0.2, 0.25) is 0 Å². The number of carbonyl (C=O) groups excluding carboxylic acids is 2. The molecule has 1 aliphatic carbocycles. The average molecular weight is 593 g/mol. The molecule has 2 atom stereocenters. The molecule has 0 radical (unpaired) electrons. The SMILES string of the molecule is CCCCC(CC)Cc1sc(CC(CC)CCCC)c2c1C(=O)c1c(-c3cccs3)oc(-c3cccs3)c1C2=O. The molecular weight excluding hydrogens is 553 g/mol. The number of unbranched alkanes of at least 4 members (excludes halogenated alkanes) is 2. The Kier molecular flexibility index (Phi) is 9.60. The van der Waals surface area contributed by atoms with Gasteiger partial charge in [0.15, 0.2) is 23.1 Å². The van der Waals surface area contributed by atoms with E-state index in [4.69, 9.17) is 4.42 Å². The first kappa shape index (κ1) is 29.2. The highest BCUT2D eigenvalue weighted by Gasteiger charge is 2.43. The van der Waals surface area contributed by atoms with Crippen molar-refractivity contribution in [3.63, 3.8) is 0 Å². The smallest absolute Gasteiger partial charge is 0.199 e. The quantitative estimate of drug-likeness (QED) is 0.129. The molecule has 4 aromatic heterocycles. The summed E-state index contributed by atoms with van der Waals surface area (Å²) in [6.45, 7) is 8.98. The van der Waals surface area contributed by atoms with Crippen molar-refractivity contribution in [1.29, 1.82) is 0 Å². The predicted molar refractivity (Wildman–Crippen MR) is 171 cm³/mol. The molecule has 0 amide bonds. The van der Waals surface area contributed by atoms with Gasteiger partial charge in [-0.1, -0.05) is 91.2 Å². The third-order valence-electron chi connectivity index (χ3n) is 8.40. The van der Waals surface area contributed by atoms with E-state index in [1.807, 2.05) is 35.0 Å². The lowest BCUT2D eigenvalue weighted by Gasteiger charge is -2.18. The lowest BCUT2D eigenvalue weighted by molar-refractivity contribution is 0.0980. The number of hydrogen-bond donors (Lipinski definition) is 0.